The molecule has 0 heterocycles. The van der Waals surface area contributed by atoms with Gasteiger partial charge in [0.1, 0.15) is 0 Å². The van der Waals surface area contributed by atoms with Crippen molar-refractivity contribution in [3.05, 3.63) is 24.3 Å². The van der Waals surface area contributed by atoms with E-state index in [1.165, 1.54) is 11.8 Å². The summed E-state index contributed by atoms with van der Waals surface area (Å²) >= 11 is 1.77. The number of anilines is 1. The second-order valence-electron chi connectivity index (χ2n) is 2.64. The number of hydrogen-bond acceptors (Lipinski definition) is 2. The van der Waals surface area contributed by atoms with E-state index in [0.717, 1.165) is 11.4 Å². The lowest BCUT2D eigenvalue weighted by molar-refractivity contribution is -0.114. The molecule has 0 aliphatic carbocycles. The average Bonchev–Trinajstić information content (AvgIpc) is 2.04. The van der Waals surface area contributed by atoms with Crippen molar-refractivity contribution in [2.45, 2.75) is 18.7 Å². The Hall–Kier alpha value is -0.960. The minimum Gasteiger partial charge on any atom is -0.326 e. The Balaban J connectivity index is 2.73. The molecule has 0 aliphatic rings. The fourth-order valence-corrected chi connectivity index (χ4v) is 1.75. The predicted octanol–water partition coefficient (Wildman–Crippen LogP) is 2.76. The van der Waals surface area contributed by atoms with E-state index in [2.05, 4.69) is 12.2 Å². The van der Waals surface area contributed by atoms with Crippen molar-refractivity contribution in [1.82, 2.24) is 0 Å². The Kier molecular flexibility index (Phi) is 3.83. The first-order valence-corrected chi connectivity index (χ1v) is 5.21. The van der Waals surface area contributed by atoms with Crippen LogP contribution >= 0.6 is 11.8 Å². The van der Waals surface area contributed by atoms with Crippen molar-refractivity contribution in [2.24, 2.45) is 0 Å². The Morgan fingerprint density at radius 2 is 2.31 bits per heavy atom. The molecule has 0 fully saturated rings. The second-order valence-corrected chi connectivity index (χ2v) is 3.98. The molecule has 1 rings (SSSR count). The molecule has 1 amide bonds. The minimum absolute atomic E-state index is 0.0290. The molecular formula is C10H13NOS. The summed E-state index contributed by atoms with van der Waals surface area (Å²) in [5, 5.41) is 2.75. The maximum absolute atomic E-state index is 10.8. The minimum atomic E-state index is -0.0290. The summed E-state index contributed by atoms with van der Waals surface area (Å²) in [6.07, 6.45) is 0. The maximum Gasteiger partial charge on any atom is 0.221 e. The summed E-state index contributed by atoms with van der Waals surface area (Å²) in [5.41, 5.74) is 0.867. The number of thioether (sulfide) groups is 1. The molecule has 3 heteroatoms. The molecule has 0 radical (unpaired) electrons. The first-order valence-electron chi connectivity index (χ1n) is 4.23. The third-order valence-corrected chi connectivity index (χ3v) is 2.34. The summed E-state index contributed by atoms with van der Waals surface area (Å²) in [6.45, 7) is 3.62. The predicted molar refractivity (Wildman–Crippen MR) is 57.1 cm³/mol. The summed E-state index contributed by atoms with van der Waals surface area (Å²) in [4.78, 5) is 12.0. The van der Waals surface area contributed by atoms with Gasteiger partial charge in [-0.25, -0.2) is 0 Å². The lowest BCUT2D eigenvalue weighted by Gasteiger charge is -2.03. The summed E-state index contributed by atoms with van der Waals surface area (Å²) < 4.78 is 0. The fourth-order valence-electron chi connectivity index (χ4n) is 1.03. The van der Waals surface area contributed by atoms with Gasteiger partial charge in [-0.3, -0.25) is 4.79 Å². The standard InChI is InChI=1S/C10H13NOS/c1-3-13-10-6-4-5-9(7-10)11-8(2)12/h4-7H,3H2,1-2H3,(H,11,12). The van der Waals surface area contributed by atoms with Crippen LogP contribution in [0, 0.1) is 0 Å². The van der Waals surface area contributed by atoms with E-state index in [9.17, 15) is 4.79 Å². The molecule has 0 aromatic heterocycles. The number of benzene rings is 1. The highest BCUT2D eigenvalue weighted by molar-refractivity contribution is 7.99. The molecule has 2 nitrogen and oxygen atoms in total. The number of nitrogens with one attached hydrogen (secondary N) is 1. The molecular weight excluding hydrogens is 182 g/mol. The Bertz CT molecular complexity index is 299. The van der Waals surface area contributed by atoms with Crippen LogP contribution in [0.5, 0.6) is 0 Å². The third-order valence-electron chi connectivity index (χ3n) is 1.47. The Labute approximate surface area is 82.7 Å². The van der Waals surface area contributed by atoms with Gasteiger partial charge in [0, 0.05) is 17.5 Å². The molecule has 0 saturated heterocycles. The van der Waals surface area contributed by atoms with Gasteiger partial charge in [-0.15, -0.1) is 11.8 Å². The number of carbonyl (C=O) groups is 1. The molecule has 0 spiro atoms. The van der Waals surface area contributed by atoms with Gasteiger partial charge in [-0.2, -0.15) is 0 Å². The molecule has 0 saturated carbocycles. The van der Waals surface area contributed by atoms with Gasteiger partial charge in [0.05, 0.1) is 0 Å². The summed E-state index contributed by atoms with van der Waals surface area (Å²) in [5.74, 6) is 1.02. The van der Waals surface area contributed by atoms with Crippen molar-refractivity contribution in [1.29, 1.82) is 0 Å². The highest BCUT2D eigenvalue weighted by Gasteiger charge is 1.96. The van der Waals surface area contributed by atoms with E-state index in [-0.39, 0.29) is 5.91 Å². The largest absolute Gasteiger partial charge is 0.326 e. The topological polar surface area (TPSA) is 29.1 Å². The van der Waals surface area contributed by atoms with Crippen LogP contribution in [0.3, 0.4) is 0 Å². The van der Waals surface area contributed by atoms with Crippen LogP contribution in [0.15, 0.2) is 29.2 Å². The quantitative estimate of drug-likeness (QED) is 0.751. The van der Waals surface area contributed by atoms with Crippen molar-refractivity contribution in [2.75, 3.05) is 11.1 Å². The van der Waals surface area contributed by atoms with Crippen molar-refractivity contribution in [3.63, 3.8) is 0 Å². The number of hydrogen-bond donors (Lipinski definition) is 1. The van der Waals surface area contributed by atoms with Crippen LogP contribution < -0.4 is 5.32 Å². The normalized spacial score (nSPS) is 9.69. The molecule has 0 unspecified atom stereocenters. The number of carbonyl (C=O) groups excluding carboxylic acids is 1. The van der Waals surface area contributed by atoms with E-state index < -0.39 is 0 Å². The van der Waals surface area contributed by atoms with Crippen LogP contribution in [0.2, 0.25) is 0 Å². The third kappa shape index (κ3) is 3.51. The van der Waals surface area contributed by atoms with Gasteiger partial charge < -0.3 is 5.32 Å². The van der Waals surface area contributed by atoms with Crippen molar-refractivity contribution < 1.29 is 4.79 Å². The lowest BCUT2D eigenvalue weighted by Crippen LogP contribution is -2.05. The maximum atomic E-state index is 10.8. The van der Waals surface area contributed by atoms with Crippen molar-refractivity contribution >= 4 is 23.4 Å². The summed E-state index contributed by atoms with van der Waals surface area (Å²) in [7, 11) is 0. The zero-order valence-corrected chi connectivity index (χ0v) is 8.65. The monoisotopic (exact) mass is 195 g/mol. The molecule has 1 aromatic carbocycles. The Morgan fingerprint density at radius 1 is 1.54 bits per heavy atom. The molecule has 0 atom stereocenters. The lowest BCUT2D eigenvalue weighted by atomic mass is 10.3. The van der Waals surface area contributed by atoms with Gasteiger partial charge in [0.2, 0.25) is 5.91 Å². The smallest absolute Gasteiger partial charge is 0.221 e. The first-order chi connectivity index (χ1) is 6.22. The molecule has 70 valence electrons. The Morgan fingerprint density at radius 3 is 2.92 bits per heavy atom. The molecule has 13 heavy (non-hydrogen) atoms. The van der Waals surface area contributed by atoms with E-state index in [0.29, 0.717) is 0 Å². The highest BCUT2D eigenvalue weighted by Crippen LogP contribution is 2.20. The zero-order chi connectivity index (χ0) is 9.68. The van der Waals surface area contributed by atoms with Crippen LogP contribution in [0.4, 0.5) is 5.69 Å². The van der Waals surface area contributed by atoms with Crippen molar-refractivity contribution in [3.8, 4) is 0 Å². The first kappa shape index (κ1) is 10.1. The van der Waals surface area contributed by atoms with Gasteiger partial charge >= 0.3 is 0 Å². The molecule has 0 aliphatic heterocycles. The highest BCUT2D eigenvalue weighted by atomic mass is 32.2. The molecule has 1 aromatic rings. The van der Waals surface area contributed by atoms with Gasteiger partial charge in [0.15, 0.2) is 0 Å². The van der Waals surface area contributed by atoms with E-state index in [1.807, 2.05) is 24.3 Å². The van der Waals surface area contributed by atoms with E-state index >= 15 is 0 Å². The average molecular weight is 195 g/mol. The summed E-state index contributed by atoms with van der Waals surface area (Å²) in [6, 6.07) is 7.86. The van der Waals surface area contributed by atoms with Crippen LogP contribution in [0.1, 0.15) is 13.8 Å². The van der Waals surface area contributed by atoms with Gasteiger partial charge in [-0.05, 0) is 24.0 Å². The number of amides is 1. The van der Waals surface area contributed by atoms with Crippen LogP contribution in [-0.2, 0) is 4.79 Å². The van der Waals surface area contributed by atoms with Gasteiger partial charge in [-0.1, -0.05) is 13.0 Å². The number of rotatable bonds is 3. The van der Waals surface area contributed by atoms with Crippen LogP contribution in [-0.4, -0.2) is 11.7 Å². The van der Waals surface area contributed by atoms with Crippen LogP contribution in [0.25, 0.3) is 0 Å². The second kappa shape index (κ2) is 4.92. The van der Waals surface area contributed by atoms with E-state index in [4.69, 9.17) is 0 Å². The zero-order valence-electron chi connectivity index (χ0n) is 7.83. The fraction of sp³-hybridized carbons (Fsp3) is 0.300. The van der Waals surface area contributed by atoms with E-state index in [1.54, 1.807) is 11.8 Å². The molecule has 1 N–H and O–H groups in total. The molecule has 0 bridgehead atoms. The SMILES string of the molecule is CCSc1cccc(NC(C)=O)c1. The van der Waals surface area contributed by atoms with Gasteiger partial charge in [0.25, 0.3) is 0 Å².